The van der Waals surface area contributed by atoms with Gasteiger partial charge in [0.2, 0.25) is 10.0 Å². The van der Waals surface area contributed by atoms with Crippen LogP contribution in [0.5, 0.6) is 0 Å². The van der Waals surface area contributed by atoms with E-state index in [1.54, 1.807) is 12.1 Å². The van der Waals surface area contributed by atoms with Gasteiger partial charge in [0.15, 0.2) is 0 Å². The van der Waals surface area contributed by atoms with Gasteiger partial charge in [-0.3, -0.25) is 0 Å². The number of nitrogens with two attached hydrogens (primary N) is 1. The van der Waals surface area contributed by atoms with Crippen LogP contribution in [-0.2, 0) is 10.0 Å². The Bertz CT molecular complexity index is 614. The summed E-state index contributed by atoms with van der Waals surface area (Å²) in [7, 11) is -3.73. The van der Waals surface area contributed by atoms with Crippen molar-refractivity contribution in [3.63, 3.8) is 0 Å². The fourth-order valence-electron chi connectivity index (χ4n) is 1.79. The highest BCUT2D eigenvalue weighted by atomic mass is 79.9. The van der Waals surface area contributed by atoms with E-state index in [0.717, 1.165) is 0 Å². The van der Waals surface area contributed by atoms with Crippen LogP contribution >= 0.6 is 44.1 Å². The Hall–Kier alpha value is -0.0200. The maximum atomic E-state index is 12.6. The van der Waals surface area contributed by atoms with E-state index in [1.807, 2.05) is 13.8 Å². The molecule has 0 bridgehead atoms. The van der Waals surface area contributed by atoms with Gasteiger partial charge in [0, 0.05) is 8.95 Å². The molecule has 0 aliphatic carbocycles. The molecule has 0 fully saturated rings. The Morgan fingerprint density at radius 1 is 1.35 bits per heavy atom. The molecule has 0 aliphatic heterocycles. The van der Waals surface area contributed by atoms with E-state index >= 15 is 0 Å². The second kappa shape index (κ2) is 6.83. The zero-order valence-corrected chi connectivity index (χ0v) is 15.9. The molecule has 0 spiro atoms. The van der Waals surface area contributed by atoms with E-state index in [4.69, 9.17) is 18.0 Å². The largest absolute Gasteiger partial charge is 0.392 e. The normalized spacial score (nSPS) is 12.4. The molecule has 0 amide bonds. The fraction of sp³-hybridized carbons (Fsp3) is 0.417. The smallest absolute Gasteiger partial charge is 0.242 e. The summed E-state index contributed by atoms with van der Waals surface area (Å²) in [6.07, 6.45) is 0.980. The van der Waals surface area contributed by atoms with E-state index in [0.29, 0.717) is 21.8 Å². The molecule has 0 atom stereocenters. The molecule has 0 radical (unpaired) electrons. The molecule has 0 saturated heterocycles. The van der Waals surface area contributed by atoms with Gasteiger partial charge >= 0.3 is 0 Å². The first-order chi connectivity index (χ1) is 9.18. The van der Waals surface area contributed by atoms with Crippen molar-refractivity contribution in [1.29, 1.82) is 0 Å². The summed E-state index contributed by atoms with van der Waals surface area (Å²) in [6, 6.07) is 4.95. The zero-order chi connectivity index (χ0) is 15.6. The molecule has 20 heavy (non-hydrogen) atoms. The zero-order valence-electron chi connectivity index (χ0n) is 11.1. The lowest BCUT2D eigenvalue weighted by Gasteiger charge is -2.31. The van der Waals surface area contributed by atoms with Crippen molar-refractivity contribution >= 4 is 59.1 Å². The van der Waals surface area contributed by atoms with Crippen molar-refractivity contribution in [2.24, 2.45) is 5.73 Å². The molecule has 0 aromatic heterocycles. The van der Waals surface area contributed by atoms with Crippen LogP contribution in [0.25, 0.3) is 0 Å². The monoisotopic (exact) mass is 442 g/mol. The van der Waals surface area contributed by atoms with Gasteiger partial charge in [0.05, 0.1) is 15.4 Å². The number of hydrogen-bond acceptors (Lipinski definition) is 3. The highest BCUT2D eigenvalue weighted by molar-refractivity contribution is 9.11. The maximum Gasteiger partial charge on any atom is 0.242 e. The van der Waals surface area contributed by atoms with Gasteiger partial charge in [-0.05, 0) is 47.0 Å². The summed E-state index contributed by atoms with van der Waals surface area (Å²) in [5, 5.41) is 0. The average molecular weight is 444 g/mol. The van der Waals surface area contributed by atoms with Gasteiger partial charge in [-0.25, -0.2) is 8.42 Å². The molecule has 0 saturated carbocycles. The van der Waals surface area contributed by atoms with Gasteiger partial charge in [0.1, 0.15) is 0 Å². The molecule has 1 rings (SSSR count). The second-order valence-corrected chi connectivity index (χ2v) is 8.19. The summed E-state index contributed by atoms with van der Waals surface area (Å²) >= 11 is 11.6. The highest BCUT2D eigenvalue weighted by Crippen LogP contribution is 2.28. The lowest BCUT2D eigenvalue weighted by atomic mass is 9.94. The topological polar surface area (TPSA) is 72.2 Å². The third-order valence-corrected chi connectivity index (χ3v) is 6.61. The van der Waals surface area contributed by atoms with Gasteiger partial charge in [-0.15, -0.1) is 0 Å². The summed E-state index contributed by atoms with van der Waals surface area (Å²) < 4.78 is 28.9. The lowest BCUT2D eigenvalue weighted by molar-refractivity contribution is 0.465. The van der Waals surface area contributed by atoms with Crippen molar-refractivity contribution in [2.75, 3.05) is 0 Å². The molecule has 1 aromatic rings. The second-order valence-electron chi connectivity index (χ2n) is 4.33. The Labute approximate surface area is 141 Å². The van der Waals surface area contributed by atoms with Crippen LogP contribution in [-0.4, -0.2) is 18.9 Å². The molecule has 112 valence electrons. The minimum atomic E-state index is -3.73. The Morgan fingerprint density at radius 2 is 1.90 bits per heavy atom. The molecule has 0 heterocycles. The lowest BCUT2D eigenvalue weighted by Crippen LogP contribution is -2.55. The first-order valence-corrected chi connectivity index (χ1v) is 9.45. The predicted molar refractivity (Wildman–Crippen MR) is 92.3 cm³/mol. The van der Waals surface area contributed by atoms with Crippen molar-refractivity contribution in [3.05, 3.63) is 27.1 Å². The summed E-state index contributed by atoms with van der Waals surface area (Å²) in [5.74, 6) is 0. The minimum Gasteiger partial charge on any atom is -0.392 e. The van der Waals surface area contributed by atoms with Crippen molar-refractivity contribution in [1.82, 2.24) is 4.72 Å². The number of sulfonamides is 1. The first-order valence-electron chi connectivity index (χ1n) is 5.97. The van der Waals surface area contributed by atoms with Crippen LogP contribution in [0.3, 0.4) is 0 Å². The van der Waals surface area contributed by atoms with Crippen LogP contribution in [0.15, 0.2) is 32.0 Å². The van der Waals surface area contributed by atoms with Gasteiger partial charge in [-0.2, -0.15) is 4.72 Å². The number of rotatable bonds is 6. The molecule has 4 nitrogen and oxygen atoms in total. The number of benzene rings is 1. The summed E-state index contributed by atoms with van der Waals surface area (Å²) in [5.41, 5.74) is 4.82. The SMILES string of the molecule is CCC(CC)(NS(=O)(=O)c1cc(Br)ccc1Br)C(N)=S. The average Bonchev–Trinajstić information content (AvgIpc) is 2.38. The molecule has 0 aliphatic rings. The van der Waals surface area contributed by atoms with E-state index < -0.39 is 15.6 Å². The molecule has 8 heteroatoms. The number of nitrogens with one attached hydrogen (secondary N) is 1. The van der Waals surface area contributed by atoms with E-state index in [1.165, 1.54) is 6.07 Å². The Kier molecular flexibility index (Phi) is 6.15. The molecule has 3 N–H and O–H groups in total. The maximum absolute atomic E-state index is 12.6. The van der Waals surface area contributed by atoms with Crippen LogP contribution < -0.4 is 10.5 Å². The summed E-state index contributed by atoms with van der Waals surface area (Å²) in [6.45, 7) is 3.70. The van der Waals surface area contributed by atoms with E-state index in [-0.39, 0.29) is 9.88 Å². The fourth-order valence-corrected chi connectivity index (χ4v) is 5.22. The third kappa shape index (κ3) is 3.79. The molecule has 0 unspecified atom stereocenters. The molecule has 1 aromatic carbocycles. The van der Waals surface area contributed by atoms with E-state index in [2.05, 4.69) is 36.6 Å². The van der Waals surface area contributed by atoms with Crippen molar-refractivity contribution in [2.45, 2.75) is 37.1 Å². The Balaban J connectivity index is 3.30. The standard InChI is InChI=1S/C12H16Br2N2O2S2/c1-3-12(4-2,11(15)19)16-20(17,18)10-7-8(13)5-6-9(10)14/h5-7,16H,3-4H2,1-2H3,(H2,15,19). The van der Waals surface area contributed by atoms with Gasteiger partial charge in [-0.1, -0.05) is 42.0 Å². The van der Waals surface area contributed by atoms with Gasteiger partial charge < -0.3 is 5.73 Å². The predicted octanol–water partition coefficient (Wildman–Crippen LogP) is 3.33. The number of hydrogen-bond donors (Lipinski definition) is 2. The van der Waals surface area contributed by atoms with Crippen LogP contribution in [0.4, 0.5) is 0 Å². The number of halogens is 2. The van der Waals surface area contributed by atoms with Gasteiger partial charge in [0.25, 0.3) is 0 Å². The highest BCUT2D eigenvalue weighted by Gasteiger charge is 2.35. The Morgan fingerprint density at radius 3 is 2.35 bits per heavy atom. The first kappa shape index (κ1) is 18.0. The van der Waals surface area contributed by atoms with Crippen LogP contribution in [0.2, 0.25) is 0 Å². The van der Waals surface area contributed by atoms with Crippen LogP contribution in [0.1, 0.15) is 26.7 Å². The summed E-state index contributed by atoms with van der Waals surface area (Å²) in [4.78, 5) is 0.298. The minimum absolute atomic E-state index is 0.148. The number of thiocarbonyl (C=S) groups is 1. The third-order valence-electron chi connectivity index (χ3n) is 3.19. The van der Waals surface area contributed by atoms with Crippen LogP contribution in [0, 0.1) is 0 Å². The van der Waals surface area contributed by atoms with Crippen molar-refractivity contribution < 1.29 is 8.42 Å². The van der Waals surface area contributed by atoms with E-state index in [9.17, 15) is 8.42 Å². The van der Waals surface area contributed by atoms with Crippen molar-refractivity contribution in [3.8, 4) is 0 Å². The quantitative estimate of drug-likeness (QED) is 0.661. The molecular weight excluding hydrogens is 428 g/mol. The molecular formula is C12H16Br2N2O2S2.